The van der Waals surface area contributed by atoms with Gasteiger partial charge < -0.3 is 10.1 Å². The third-order valence-corrected chi connectivity index (χ3v) is 3.78. The average Bonchev–Trinajstić information content (AvgIpc) is 2.23. The summed E-state index contributed by atoms with van der Waals surface area (Å²) in [5, 5.41) is 3.83. The summed E-state index contributed by atoms with van der Waals surface area (Å²) < 4.78 is 5.38. The van der Waals surface area contributed by atoms with Gasteiger partial charge in [0.05, 0.1) is 0 Å². The van der Waals surface area contributed by atoms with Crippen LogP contribution in [0.1, 0.15) is 45.4 Å². The van der Waals surface area contributed by atoms with Gasteiger partial charge in [0.1, 0.15) is 0 Å². The van der Waals surface area contributed by atoms with Gasteiger partial charge in [0, 0.05) is 25.3 Å². The van der Waals surface area contributed by atoms with Gasteiger partial charge in [-0.2, -0.15) is 0 Å². The van der Waals surface area contributed by atoms with Crippen LogP contribution in [0.15, 0.2) is 0 Å². The molecule has 0 aromatic carbocycles. The van der Waals surface area contributed by atoms with E-state index in [1.807, 2.05) is 0 Å². The van der Waals surface area contributed by atoms with Crippen LogP contribution in [0.2, 0.25) is 0 Å². The molecular weight excluding hydrogens is 174 g/mol. The molecule has 14 heavy (non-hydrogen) atoms. The number of nitrogens with one attached hydrogen (secondary N) is 1. The van der Waals surface area contributed by atoms with Gasteiger partial charge in [-0.3, -0.25) is 0 Å². The van der Waals surface area contributed by atoms with Crippen LogP contribution >= 0.6 is 0 Å². The second-order valence-electron chi connectivity index (χ2n) is 4.92. The van der Waals surface area contributed by atoms with Gasteiger partial charge in [0.25, 0.3) is 0 Å². The Morgan fingerprint density at radius 1 is 1.00 bits per heavy atom. The van der Waals surface area contributed by atoms with E-state index in [4.69, 9.17) is 4.74 Å². The van der Waals surface area contributed by atoms with Crippen molar-refractivity contribution in [3.63, 3.8) is 0 Å². The van der Waals surface area contributed by atoms with Crippen molar-refractivity contribution in [1.29, 1.82) is 0 Å². The summed E-state index contributed by atoms with van der Waals surface area (Å²) in [4.78, 5) is 0. The van der Waals surface area contributed by atoms with Crippen molar-refractivity contribution in [2.24, 2.45) is 5.92 Å². The molecule has 1 N–H and O–H groups in total. The van der Waals surface area contributed by atoms with Crippen molar-refractivity contribution in [1.82, 2.24) is 5.32 Å². The van der Waals surface area contributed by atoms with Crippen molar-refractivity contribution >= 4 is 0 Å². The highest BCUT2D eigenvalue weighted by Crippen LogP contribution is 2.25. The Bertz CT molecular complexity index is 166. The van der Waals surface area contributed by atoms with E-state index in [0.29, 0.717) is 0 Å². The maximum atomic E-state index is 5.38. The minimum Gasteiger partial charge on any atom is -0.381 e. The maximum Gasteiger partial charge on any atom is 0.0480 e. The van der Waals surface area contributed by atoms with Crippen molar-refractivity contribution in [3.8, 4) is 0 Å². The van der Waals surface area contributed by atoms with Gasteiger partial charge in [0.15, 0.2) is 0 Å². The molecule has 0 bridgehead atoms. The van der Waals surface area contributed by atoms with Gasteiger partial charge in [-0.1, -0.05) is 19.8 Å². The first-order chi connectivity index (χ1) is 6.86. The number of hydrogen-bond acceptors (Lipinski definition) is 2. The van der Waals surface area contributed by atoms with Gasteiger partial charge in [-0.15, -0.1) is 0 Å². The van der Waals surface area contributed by atoms with E-state index >= 15 is 0 Å². The molecule has 1 saturated carbocycles. The summed E-state index contributed by atoms with van der Waals surface area (Å²) in [6.45, 7) is 4.31. The fourth-order valence-electron chi connectivity index (χ4n) is 2.73. The predicted octanol–water partition coefficient (Wildman–Crippen LogP) is 2.33. The van der Waals surface area contributed by atoms with E-state index in [9.17, 15) is 0 Å². The minimum absolute atomic E-state index is 0.731. The second kappa shape index (κ2) is 5.13. The molecule has 0 aromatic rings. The van der Waals surface area contributed by atoms with Crippen LogP contribution in [0.4, 0.5) is 0 Å². The molecule has 82 valence electrons. The van der Waals surface area contributed by atoms with E-state index < -0.39 is 0 Å². The zero-order chi connectivity index (χ0) is 9.80. The Hall–Kier alpha value is -0.0800. The molecule has 0 spiro atoms. The van der Waals surface area contributed by atoms with Crippen molar-refractivity contribution < 1.29 is 4.74 Å². The summed E-state index contributed by atoms with van der Waals surface area (Å²) >= 11 is 0. The third-order valence-electron chi connectivity index (χ3n) is 3.78. The molecular formula is C12H23NO. The van der Waals surface area contributed by atoms with E-state index in [1.165, 1.54) is 38.5 Å². The summed E-state index contributed by atoms with van der Waals surface area (Å²) in [5.74, 6) is 0.881. The molecule has 1 aliphatic carbocycles. The zero-order valence-corrected chi connectivity index (χ0v) is 9.30. The van der Waals surface area contributed by atoms with Crippen LogP contribution in [0.5, 0.6) is 0 Å². The van der Waals surface area contributed by atoms with Crippen molar-refractivity contribution in [3.05, 3.63) is 0 Å². The minimum atomic E-state index is 0.731. The Kier molecular flexibility index (Phi) is 3.82. The van der Waals surface area contributed by atoms with Crippen LogP contribution in [-0.4, -0.2) is 25.3 Å². The third kappa shape index (κ3) is 2.71. The lowest BCUT2D eigenvalue weighted by Gasteiger charge is -2.34. The van der Waals surface area contributed by atoms with Crippen LogP contribution in [0.3, 0.4) is 0 Å². The number of rotatable bonds is 2. The van der Waals surface area contributed by atoms with Crippen LogP contribution in [0.25, 0.3) is 0 Å². The summed E-state index contributed by atoms with van der Waals surface area (Å²) in [7, 11) is 0. The molecule has 2 rings (SSSR count). The molecule has 1 aliphatic heterocycles. The molecule has 2 nitrogen and oxygen atoms in total. The lowest BCUT2D eigenvalue weighted by molar-refractivity contribution is 0.0701. The second-order valence-corrected chi connectivity index (χ2v) is 4.92. The molecule has 0 amide bonds. The number of ether oxygens (including phenoxy) is 1. The fraction of sp³-hybridized carbons (Fsp3) is 1.00. The lowest BCUT2D eigenvalue weighted by atomic mass is 9.85. The Labute approximate surface area is 87.4 Å². The van der Waals surface area contributed by atoms with Crippen molar-refractivity contribution in [2.75, 3.05) is 13.2 Å². The topological polar surface area (TPSA) is 21.3 Å². The Balaban J connectivity index is 1.76. The standard InChI is InChI=1S/C12H23NO/c1-10-4-2-3-5-12(10)13-11-6-8-14-9-7-11/h10-13H,2-9H2,1H3/t10-,12-/m0/s1. The summed E-state index contributed by atoms with van der Waals surface area (Å²) in [5.41, 5.74) is 0. The van der Waals surface area contributed by atoms with Gasteiger partial charge in [-0.05, 0) is 31.6 Å². The normalized spacial score (nSPS) is 35.8. The molecule has 2 heteroatoms. The monoisotopic (exact) mass is 197 g/mol. The first-order valence-corrected chi connectivity index (χ1v) is 6.20. The molecule has 0 aromatic heterocycles. The fourth-order valence-corrected chi connectivity index (χ4v) is 2.73. The SMILES string of the molecule is C[C@H]1CCCC[C@@H]1NC1CCOCC1. The molecule has 1 saturated heterocycles. The predicted molar refractivity (Wildman–Crippen MR) is 58.4 cm³/mol. The smallest absolute Gasteiger partial charge is 0.0480 e. The van der Waals surface area contributed by atoms with Gasteiger partial charge in [-0.25, -0.2) is 0 Å². The highest BCUT2D eigenvalue weighted by Gasteiger charge is 2.24. The highest BCUT2D eigenvalue weighted by molar-refractivity contribution is 4.82. The quantitative estimate of drug-likeness (QED) is 0.733. The van der Waals surface area contributed by atoms with E-state index in [-0.39, 0.29) is 0 Å². The molecule has 2 atom stereocenters. The summed E-state index contributed by atoms with van der Waals surface area (Å²) in [6, 6.07) is 1.51. The molecule has 0 radical (unpaired) electrons. The van der Waals surface area contributed by atoms with Gasteiger partial charge >= 0.3 is 0 Å². The average molecular weight is 197 g/mol. The van der Waals surface area contributed by atoms with Crippen LogP contribution in [-0.2, 0) is 4.74 Å². The van der Waals surface area contributed by atoms with Crippen LogP contribution in [0, 0.1) is 5.92 Å². The first-order valence-electron chi connectivity index (χ1n) is 6.20. The van der Waals surface area contributed by atoms with E-state index in [2.05, 4.69) is 12.2 Å². The van der Waals surface area contributed by atoms with Gasteiger partial charge in [0.2, 0.25) is 0 Å². The molecule has 2 aliphatic rings. The van der Waals surface area contributed by atoms with E-state index in [0.717, 1.165) is 31.2 Å². The van der Waals surface area contributed by atoms with Crippen LogP contribution < -0.4 is 5.32 Å². The maximum absolute atomic E-state index is 5.38. The molecule has 2 fully saturated rings. The molecule has 0 unspecified atom stereocenters. The largest absolute Gasteiger partial charge is 0.381 e. The first kappa shape index (κ1) is 10.4. The number of hydrogen-bond donors (Lipinski definition) is 1. The molecule has 1 heterocycles. The lowest BCUT2D eigenvalue weighted by Crippen LogP contribution is -2.45. The summed E-state index contributed by atoms with van der Waals surface area (Å²) in [6.07, 6.45) is 8.09. The van der Waals surface area contributed by atoms with E-state index in [1.54, 1.807) is 0 Å². The Morgan fingerprint density at radius 3 is 2.43 bits per heavy atom. The van der Waals surface area contributed by atoms with Crippen molar-refractivity contribution in [2.45, 2.75) is 57.5 Å². The zero-order valence-electron chi connectivity index (χ0n) is 9.30. The Morgan fingerprint density at radius 2 is 1.71 bits per heavy atom. The highest BCUT2D eigenvalue weighted by atomic mass is 16.5.